The molecule has 21 heavy (non-hydrogen) atoms. The van der Waals surface area contributed by atoms with Gasteiger partial charge in [0.1, 0.15) is 0 Å². The number of nitrogens with one attached hydrogen (secondary N) is 1. The molecular formula is C15H22N6. The molecule has 6 heteroatoms. The van der Waals surface area contributed by atoms with Gasteiger partial charge >= 0.3 is 0 Å². The summed E-state index contributed by atoms with van der Waals surface area (Å²) in [6.07, 6.45) is 0. The molecule has 0 fully saturated rings. The highest BCUT2D eigenvalue weighted by molar-refractivity contribution is 5.44. The zero-order chi connectivity index (χ0) is 15.2. The van der Waals surface area contributed by atoms with Gasteiger partial charge in [0, 0.05) is 34.2 Å². The molecule has 0 unspecified atom stereocenters. The lowest BCUT2D eigenvalue weighted by Crippen LogP contribution is -2.26. The van der Waals surface area contributed by atoms with Gasteiger partial charge in [0.05, 0.1) is 0 Å². The molecule has 1 aromatic carbocycles. The van der Waals surface area contributed by atoms with Gasteiger partial charge in [-0.15, -0.1) is 0 Å². The molecule has 0 amide bonds. The van der Waals surface area contributed by atoms with Crippen LogP contribution in [0.4, 0.5) is 17.8 Å². The fourth-order valence-electron chi connectivity index (χ4n) is 1.93. The van der Waals surface area contributed by atoms with E-state index in [0.29, 0.717) is 17.8 Å². The number of hydrogen-bond acceptors (Lipinski definition) is 6. The minimum Gasteiger partial charge on any atom is -0.357 e. The lowest BCUT2D eigenvalue weighted by Gasteiger charge is -2.22. The maximum absolute atomic E-state index is 4.54. The van der Waals surface area contributed by atoms with Crippen molar-refractivity contribution in [2.75, 3.05) is 42.8 Å². The standard InChI is InChI=1S/C15H22N6/c1-5-21(11-12-9-7-6-8-10-12)15-18-13(16-2)17-14(19-15)20(3)4/h6-10H,5,11H2,1-4H3,(H,16,17,18,19). The van der Waals surface area contributed by atoms with E-state index in [2.05, 4.69) is 44.2 Å². The molecule has 0 aliphatic rings. The van der Waals surface area contributed by atoms with Crippen molar-refractivity contribution in [2.45, 2.75) is 13.5 Å². The SMILES string of the molecule is CCN(Cc1ccccc1)c1nc(NC)nc(N(C)C)n1. The molecule has 1 N–H and O–H groups in total. The summed E-state index contributed by atoms with van der Waals surface area (Å²) in [7, 11) is 5.66. The Balaban J connectivity index is 2.30. The molecule has 6 nitrogen and oxygen atoms in total. The third-order valence-corrected chi connectivity index (χ3v) is 3.12. The molecule has 2 rings (SSSR count). The highest BCUT2D eigenvalue weighted by atomic mass is 15.3. The Kier molecular flexibility index (Phi) is 4.92. The summed E-state index contributed by atoms with van der Waals surface area (Å²) in [6.45, 7) is 3.70. The van der Waals surface area contributed by atoms with Crippen LogP contribution in [-0.4, -0.2) is 42.6 Å². The van der Waals surface area contributed by atoms with Crippen LogP contribution in [0.1, 0.15) is 12.5 Å². The molecule has 2 aromatic rings. The fraction of sp³-hybridized carbons (Fsp3) is 0.400. The Bertz CT molecular complexity index is 570. The minimum absolute atomic E-state index is 0.579. The van der Waals surface area contributed by atoms with Crippen LogP contribution in [0.2, 0.25) is 0 Å². The van der Waals surface area contributed by atoms with Crippen molar-refractivity contribution in [1.82, 2.24) is 15.0 Å². The molecule has 0 spiro atoms. The number of aromatic nitrogens is 3. The minimum atomic E-state index is 0.579. The molecule has 0 atom stereocenters. The van der Waals surface area contributed by atoms with Crippen LogP contribution < -0.4 is 15.1 Å². The molecular weight excluding hydrogens is 264 g/mol. The summed E-state index contributed by atoms with van der Waals surface area (Å²) in [5.74, 6) is 1.91. The predicted molar refractivity (Wildman–Crippen MR) is 86.9 cm³/mol. The second-order valence-electron chi connectivity index (χ2n) is 4.90. The highest BCUT2D eigenvalue weighted by Crippen LogP contribution is 2.17. The first-order chi connectivity index (χ1) is 10.1. The van der Waals surface area contributed by atoms with Gasteiger partial charge in [0.15, 0.2) is 0 Å². The molecule has 0 radical (unpaired) electrons. The van der Waals surface area contributed by atoms with E-state index in [0.717, 1.165) is 13.1 Å². The lowest BCUT2D eigenvalue weighted by atomic mass is 10.2. The molecule has 0 saturated carbocycles. The van der Waals surface area contributed by atoms with Crippen LogP contribution in [0.5, 0.6) is 0 Å². The van der Waals surface area contributed by atoms with Crippen LogP contribution >= 0.6 is 0 Å². The largest absolute Gasteiger partial charge is 0.357 e. The summed E-state index contributed by atoms with van der Waals surface area (Å²) in [5.41, 5.74) is 1.23. The van der Waals surface area contributed by atoms with Crippen LogP contribution in [0.15, 0.2) is 30.3 Å². The van der Waals surface area contributed by atoms with Crippen molar-refractivity contribution in [3.8, 4) is 0 Å². The van der Waals surface area contributed by atoms with Crippen LogP contribution in [0, 0.1) is 0 Å². The first-order valence-electron chi connectivity index (χ1n) is 7.04. The third kappa shape index (κ3) is 3.81. The van der Waals surface area contributed by atoms with E-state index in [1.54, 1.807) is 0 Å². The van der Waals surface area contributed by atoms with Gasteiger partial charge in [-0.3, -0.25) is 0 Å². The molecule has 0 aliphatic carbocycles. The van der Waals surface area contributed by atoms with Gasteiger partial charge in [0.2, 0.25) is 17.8 Å². The topological polar surface area (TPSA) is 57.2 Å². The maximum atomic E-state index is 4.54. The van der Waals surface area contributed by atoms with Gasteiger partial charge in [-0.2, -0.15) is 15.0 Å². The van der Waals surface area contributed by atoms with E-state index in [9.17, 15) is 0 Å². The lowest BCUT2D eigenvalue weighted by molar-refractivity contribution is 0.781. The van der Waals surface area contributed by atoms with Gasteiger partial charge < -0.3 is 15.1 Å². The number of hydrogen-bond donors (Lipinski definition) is 1. The molecule has 0 saturated heterocycles. The molecule has 0 bridgehead atoms. The van der Waals surface area contributed by atoms with Crippen molar-refractivity contribution in [3.63, 3.8) is 0 Å². The number of rotatable bonds is 6. The highest BCUT2D eigenvalue weighted by Gasteiger charge is 2.13. The van der Waals surface area contributed by atoms with Crippen molar-refractivity contribution < 1.29 is 0 Å². The summed E-state index contributed by atoms with van der Waals surface area (Å²) >= 11 is 0. The fourth-order valence-corrected chi connectivity index (χ4v) is 1.93. The molecule has 1 heterocycles. The van der Waals surface area contributed by atoms with Gasteiger partial charge in [0.25, 0.3) is 0 Å². The van der Waals surface area contributed by atoms with Crippen molar-refractivity contribution in [1.29, 1.82) is 0 Å². The van der Waals surface area contributed by atoms with Crippen molar-refractivity contribution >= 4 is 17.8 Å². The van der Waals surface area contributed by atoms with Gasteiger partial charge in [-0.25, -0.2) is 0 Å². The first kappa shape index (κ1) is 15.0. The predicted octanol–water partition coefficient (Wildman–Crippen LogP) is 2.01. The maximum Gasteiger partial charge on any atom is 0.232 e. The van der Waals surface area contributed by atoms with Crippen LogP contribution in [0.3, 0.4) is 0 Å². The first-order valence-corrected chi connectivity index (χ1v) is 7.04. The molecule has 1 aromatic heterocycles. The summed E-state index contributed by atoms with van der Waals surface area (Å²) in [4.78, 5) is 17.4. The van der Waals surface area contributed by atoms with E-state index < -0.39 is 0 Å². The Hall–Kier alpha value is -2.37. The van der Waals surface area contributed by atoms with Crippen LogP contribution in [-0.2, 0) is 6.54 Å². The van der Waals surface area contributed by atoms with Gasteiger partial charge in [-0.05, 0) is 12.5 Å². The Morgan fingerprint density at radius 2 is 1.67 bits per heavy atom. The molecule has 0 aliphatic heterocycles. The number of benzene rings is 1. The number of nitrogens with zero attached hydrogens (tertiary/aromatic N) is 5. The zero-order valence-electron chi connectivity index (χ0n) is 13.0. The smallest absolute Gasteiger partial charge is 0.232 e. The van der Waals surface area contributed by atoms with Crippen molar-refractivity contribution in [2.24, 2.45) is 0 Å². The van der Waals surface area contributed by atoms with Gasteiger partial charge in [-0.1, -0.05) is 30.3 Å². The second-order valence-corrected chi connectivity index (χ2v) is 4.90. The number of anilines is 3. The second kappa shape index (κ2) is 6.88. The molecule has 112 valence electrons. The monoisotopic (exact) mass is 286 g/mol. The third-order valence-electron chi connectivity index (χ3n) is 3.12. The van der Waals surface area contributed by atoms with E-state index in [1.165, 1.54) is 5.56 Å². The zero-order valence-corrected chi connectivity index (χ0v) is 13.0. The quantitative estimate of drug-likeness (QED) is 0.876. The van der Waals surface area contributed by atoms with E-state index >= 15 is 0 Å². The average molecular weight is 286 g/mol. The Morgan fingerprint density at radius 1 is 1.00 bits per heavy atom. The Morgan fingerprint density at radius 3 is 2.24 bits per heavy atom. The van der Waals surface area contributed by atoms with E-state index in [1.807, 2.05) is 44.2 Å². The van der Waals surface area contributed by atoms with E-state index in [4.69, 9.17) is 0 Å². The van der Waals surface area contributed by atoms with Crippen molar-refractivity contribution in [3.05, 3.63) is 35.9 Å². The summed E-state index contributed by atoms with van der Waals surface area (Å²) in [6, 6.07) is 10.3. The normalized spacial score (nSPS) is 10.3. The summed E-state index contributed by atoms with van der Waals surface area (Å²) < 4.78 is 0. The Labute approximate surface area is 125 Å². The summed E-state index contributed by atoms with van der Waals surface area (Å²) in [5, 5.41) is 2.99. The van der Waals surface area contributed by atoms with Crippen LogP contribution in [0.25, 0.3) is 0 Å². The average Bonchev–Trinajstić information content (AvgIpc) is 2.53. The van der Waals surface area contributed by atoms with E-state index in [-0.39, 0.29) is 0 Å².